The molecule has 0 radical (unpaired) electrons. The Balaban J connectivity index is 2.45. The first-order chi connectivity index (χ1) is 18.0. The van der Waals surface area contributed by atoms with Crippen molar-refractivity contribution in [3.8, 4) is 11.1 Å². The SMILES string of the molecule is C=C/C=C\C(=C/C)CC1(CC(/C=C\C)=C/C)c2cc(C(C)(C)CC)ccc2-c2ccc(C(C)(C)CC)cc21. The van der Waals surface area contributed by atoms with Crippen LogP contribution in [0.3, 0.4) is 0 Å². The summed E-state index contributed by atoms with van der Waals surface area (Å²) >= 11 is 0. The Bertz CT molecular complexity index is 1200. The van der Waals surface area contributed by atoms with Crippen LogP contribution in [0.15, 0.2) is 96.7 Å². The van der Waals surface area contributed by atoms with Crippen molar-refractivity contribution in [2.24, 2.45) is 0 Å². The summed E-state index contributed by atoms with van der Waals surface area (Å²) in [6, 6.07) is 14.7. The highest BCUT2D eigenvalue weighted by atomic mass is 14.5. The van der Waals surface area contributed by atoms with Crippen molar-refractivity contribution < 1.29 is 0 Å². The minimum absolute atomic E-state index is 0.129. The van der Waals surface area contributed by atoms with Crippen LogP contribution in [-0.4, -0.2) is 0 Å². The van der Waals surface area contributed by atoms with Crippen molar-refractivity contribution in [1.82, 2.24) is 0 Å². The van der Waals surface area contributed by atoms with E-state index in [-0.39, 0.29) is 16.2 Å². The van der Waals surface area contributed by atoms with E-state index in [0.717, 1.165) is 25.7 Å². The lowest BCUT2D eigenvalue weighted by molar-refractivity contribution is 0.490. The molecule has 0 nitrogen and oxygen atoms in total. The maximum absolute atomic E-state index is 3.94. The van der Waals surface area contributed by atoms with Crippen molar-refractivity contribution in [3.05, 3.63) is 119 Å². The smallest absolute Gasteiger partial charge is 0.0295 e. The van der Waals surface area contributed by atoms with Crippen LogP contribution in [0.25, 0.3) is 11.1 Å². The topological polar surface area (TPSA) is 0 Å². The van der Waals surface area contributed by atoms with E-state index in [1.807, 2.05) is 6.08 Å². The third-order valence-corrected chi connectivity index (χ3v) is 9.27. The Morgan fingerprint density at radius 3 is 1.55 bits per heavy atom. The van der Waals surface area contributed by atoms with Gasteiger partial charge < -0.3 is 0 Å². The van der Waals surface area contributed by atoms with E-state index in [0.29, 0.717) is 0 Å². The second kappa shape index (κ2) is 11.9. The van der Waals surface area contributed by atoms with Crippen LogP contribution in [-0.2, 0) is 16.2 Å². The fourth-order valence-electron chi connectivity index (χ4n) is 5.81. The predicted molar refractivity (Wildman–Crippen MR) is 170 cm³/mol. The predicted octanol–water partition coefficient (Wildman–Crippen LogP) is 11.3. The number of hydrogen-bond donors (Lipinski definition) is 0. The monoisotopic (exact) mass is 506 g/mol. The zero-order valence-corrected chi connectivity index (χ0v) is 25.5. The molecule has 0 unspecified atom stereocenters. The summed E-state index contributed by atoms with van der Waals surface area (Å²) in [4.78, 5) is 0. The normalized spacial score (nSPS) is 15.8. The molecule has 202 valence electrons. The van der Waals surface area contributed by atoms with Crippen molar-refractivity contribution in [1.29, 1.82) is 0 Å². The summed E-state index contributed by atoms with van der Waals surface area (Å²) < 4.78 is 0. The standard InChI is InChI=1S/C38H50/c1-11-17-19-29(14-4)27-38(26-28(13-3)18-12-2)34-24-30(36(7,8)15-5)20-22-32(34)33-23-21-31(25-35(33)38)37(9,10)16-6/h11-14,17-25H,1,15-16,26-27H2,2-10H3/b18-12-,19-17-,28-13+,29-14+. The van der Waals surface area contributed by atoms with Crippen LogP contribution in [0.5, 0.6) is 0 Å². The van der Waals surface area contributed by atoms with Crippen molar-refractivity contribution in [3.63, 3.8) is 0 Å². The number of fused-ring (bicyclic) bond motifs is 3. The molecule has 0 amide bonds. The molecule has 0 atom stereocenters. The molecular weight excluding hydrogens is 456 g/mol. The number of hydrogen-bond acceptors (Lipinski definition) is 0. The molecule has 0 aromatic heterocycles. The van der Waals surface area contributed by atoms with Crippen molar-refractivity contribution >= 4 is 0 Å². The molecule has 38 heavy (non-hydrogen) atoms. The number of allylic oxidation sites excluding steroid dienone is 9. The van der Waals surface area contributed by atoms with Crippen molar-refractivity contribution in [2.75, 3.05) is 0 Å². The van der Waals surface area contributed by atoms with Gasteiger partial charge in [-0.3, -0.25) is 0 Å². The van der Waals surface area contributed by atoms with Crippen LogP contribution < -0.4 is 0 Å². The molecule has 0 bridgehead atoms. The largest absolute Gasteiger partial charge is 0.0991 e. The molecular formula is C38H50. The maximum Gasteiger partial charge on any atom is 0.0295 e. The zero-order valence-electron chi connectivity index (χ0n) is 25.5. The van der Waals surface area contributed by atoms with Gasteiger partial charge in [0.2, 0.25) is 0 Å². The minimum Gasteiger partial charge on any atom is -0.0991 e. The molecule has 0 spiro atoms. The molecule has 0 saturated heterocycles. The second-order valence-electron chi connectivity index (χ2n) is 12.3. The fraction of sp³-hybridized carbons (Fsp3) is 0.421. The Morgan fingerprint density at radius 1 is 0.737 bits per heavy atom. The van der Waals surface area contributed by atoms with Crippen LogP contribution >= 0.6 is 0 Å². The van der Waals surface area contributed by atoms with Gasteiger partial charge in [0.15, 0.2) is 0 Å². The van der Waals surface area contributed by atoms with Gasteiger partial charge in [0.25, 0.3) is 0 Å². The van der Waals surface area contributed by atoms with Crippen LogP contribution in [0.4, 0.5) is 0 Å². The Labute approximate surface area is 234 Å². The van der Waals surface area contributed by atoms with Crippen LogP contribution in [0.2, 0.25) is 0 Å². The van der Waals surface area contributed by atoms with E-state index in [4.69, 9.17) is 0 Å². The Morgan fingerprint density at radius 2 is 1.18 bits per heavy atom. The summed E-state index contributed by atoms with van der Waals surface area (Å²) in [7, 11) is 0. The lowest BCUT2D eigenvalue weighted by Crippen LogP contribution is -2.28. The quantitative estimate of drug-likeness (QED) is 0.266. The van der Waals surface area contributed by atoms with Gasteiger partial charge in [-0.25, -0.2) is 0 Å². The van der Waals surface area contributed by atoms with E-state index in [9.17, 15) is 0 Å². The highest BCUT2D eigenvalue weighted by Crippen LogP contribution is 2.56. The van der Waals surface area contributed by atoms with E-state index in [1.54, 1.807) is 0 Å². The molecule has 2 aromatic rings. The summed E-state index contributed by atoms with van der Waals surface area (Å²) in [5, 5.41) is 0. The lowest BCUT2D eigenvalue weighted by Gasteiger charge is -2.36. The molecule has 1 aliphatic rings. The first kappa shape index (κ1) is 29.7. The van der Waals surface area contributed by atoms with Gasteiger partial charge in [-0.1, -0.05) is 138 Å². The summed E-state index contributed by atoms with van der Waals surface area (Å²) in [5.41, 5.74) is 11.5. The van der Waals surface area contributed by atoms with Gasteiger partial charge in [-0.05, 0) is 90.7 Å². The van der Waals surface area contributed by atoms with Gasteiger partial charge in [-0.2, -0.15) is 0 Å². The highest BCUT2D eigenvalue weighted by molar-refractivity contribution is 5.82. The first-order valence-corrected chi connectivity index (χ1v) is 14.6. The molecule has 0 heterocycles. The van der Waals surface area contributed by atoms with Crippen molar-refractivity contribution in [2.45, 2.75) is 104 Å². The summed E-state index contributed by atoms with van der Waals surface area (Å²) in [6.07, 6.45) is 19.4. The highest BCUT2D eigenvalue weighted by Gasteiger charge is 2.44. The Kier molecular flexibility index (Phi) is 9.30. The molecule has 0 saturated carbocycles. The second-order valence-corrected chi connectivity index (χ2v) is 12.3. The van der Waals surface area contributed by atoms with Gasteiger partial charge >= 0.3 is 0 Å². The molecule has 2 aromatic carbocycles. The first-order valence-electron chi connectivity index (χ1n) is 14.6. The fourth-order valence-corrected chi connectivity index (χ4v) is 5.81. The molecule has 0 fully saturated rings. The molecule has 0 N–H and O–H groups in total. The van der Waals surface area contributed by atoms with E-state index >= 15 is 0 Å². The molecule has 3 rings (SSSR count). The van der Waals surface area contributed by atoms with Gasteiger partial charge in [0.05, 0.1) is 0 Å². The molecule has 0 heteroatoms. The van der Waals surface area contributed by atoms with E-state index < -0.39 is 0 Å². The third-order valence-electron chi connectivity index (χ3n) is 9.27. The van der Waals surface area contributed by atoms with Crippen LogP contribution in [0, 0.1) is 0 Å². The zero-order chi connectivity index (χ0) is 28.1. The summed E-state index contributed by atoms with van der Waals surface area (Å²) in [5.74, 6) is 0. The average Bonchev–Trinajstić information content (AvgIpc) is 3.18. The van der Waals surface area contributed by atoms with E-state index in [2.05, 4.69) is 142 Å². The molecule has 1 aliphatic carbocycles. The number of benzene rings is 2. The Hall–Kier alpha value is -2.86. The van der Waals surface area contributed by atoms with E-state index in [1.165, 1.54) is 44.5 Å². The summed E-state index contributed by atoms with van der Waals surface area (Å²) in [6.45, 7) is 24.5. The maximum atomic E-state index is 3.94. The minimum atomic E-state index is -0.154. The third kappa shape index (κ3) is 5.61. The average molecular weight is 507 g/mol. The van der Waals surface area contributed by atoms with Gasteiger partial charge in [0, 0.05) is 5.41 Å². The number of rotatable bonds is 11. The van der Waals surface area contributed by atoms with Crippen LogP contribution in [0.1, 0.15) is 110 Å². The molecule has 0 aliphatic heterocycles. The van der Waals surface area contributed by atoms with Gasteiger partial charge in [0.1, 0.15) is 0 Å². The van der Waals surface area contributed by atoms with Gasteiger partial charge in [-0.15, -0.1) is 0 Å². The lowest BCUT2D eigenvalue weighted by atomic mass is 9.67.